The number of hydrogen-bond donors (Lipinski definition) is 4. The van der Waals surface area contributed by atoms with Gasteiger partial charge in [0.1, 0.15) is 29.5 Å². The van der Waals surface area contributed by atoms with E-state index < -0.39 is 118 Å². The number of aliphatic hydroxyl groups is 3. The minimum Gasteiger partial charge on any atom is -0.456 e. The smallest absolute Gasteiger partial charge is 0.408 e. The third kappa shape index (κ3) is 8.16. The Hall–Kier alpha value is -4.64. The minimum atomic E-state index is -2.37. The van der Waals surface area contributed by atoms with Crippen molar-refractivity contribution in [3.63, 3.8) is 0 Å². The fourth-order valence-electron chi connectivity index (χ4n) is 9.44. The van der Waals surface area contributed by atoms with Crippen molar-refractivity contribution < 1.29 is 72.5 Å². The van der Waals surface area contributed by atoms with Gasteiger partial charge in [-0.05, 0) is 65.2 Å². The van der Waals surface area contributed by atoms with Crippen molar-refractivity contribution in [3.05, 3.63) is 58.7 Å². The number of carbonyl (C=O) groups excluding carboxylic acids is 6. The van der Waals surface area contributed by atoms with Gasteiger partial charge in [-0.25, -0.2) is 14.4 Å². The highest BCUT2D eigenvalue weighted by Gasteiger charge is 2.78. The van der Waals surface area contributed by atoms with Crippen molar-refractivity contribution in [2.45, 2.75) is 148 Å². The molecule has 59 heavy (non-hydrogen) atoms. The summed E-state index contributed by atoms with van der Waals surface area (Å²) in [4.78, 5) is 82.0. The highest BCUT2D eigenvalue weighted by molar-refractivity contribution is 5.95. The molecule has 16 heteroatoms. The van der Waals surface area contributed by atoms with Crippen LogP contribution in [0.1, 0.15) is 101 Å². The summed E-state index contributed by atoms with van der Waals surface area (Å²) in [5, 5.41) is 39.6. The second-order valence-electron chi connectivity index (χ2n) is 18.0. The monoisotopic (exact) mass is 827 g/mol. The summed E-state index contributed by atoms with van der Waals surface area (Å²) >= 11 is 0. The van der Waals surface area contributed by atoms with E-state index in [1.165, 1.54) is 19.9 Å². The molecule has 5 rings (SSSR count). The first-order chi connectivity index (χ1) is 27.2. The third-order valence-corrected chi connectivity index (χ3v) is 12.2. The molecule has 2 saturated carbocycles. The third-order valence-electron chi connectivity index (χ3n) is 12.2. The molecule has 16 nitrogen and oxygen atoms in total. The molecule has 0 spiro atoms. The van der Waals surface area contributed by atoms with Crippen LogP contribution in [0.3, 0.4) is 0 Å². The van der Waals surface area contributed by atoms with E-state index in [1.807, 2.05) is 0 Å². The minimum absolute atomic E-state index is 0.00566. The normalized spacial score (nSPS) is 33.2. The molecule has 4 N–H and O–H groups in total. The van der Waals surface area contributed by atoms with Crippen LogP contribution in [0.2, 0.25) is 0 Å². The van der Waals surface area contributed by atoms with E-state index in [0.29, 0.717) is 11.1 Å². The predicted octanol–water partition coefficient (Wildman–Crippen LogP) is 3.48. The van der Waals surface area contributed by atoms with Crippen LogP contribution in [0.15, 0.2) is 53.1 Å². The van der Waals surface area contributed by atoms with Crippen LogP contribution in [-0.4, -0.2) is 111 Å². The average molecular weight is 828 g/mol. The molecule has 1 saturated heterocycles. The van der Waals surface area contributed by atoms with Crippen molar-refractivity contribution in [1.29, 1.82) is 0 Å². The molecule has 1 aliphatic heterocycles. The maximum absolute atomic E-state index is 15.3. The molecule has 2 bridgehead atoms. The van der Waals surface area contributed by atoms with Gasteiger partial charge in [0.15, 0.2) is 23.6 Å². The molecule has 11 atom stereocenters. The Bertz CT molecular complexity index is 1930. The van der Waals surface area contributed by atoms with Crippen LogP contribution in [0, 0.1) is 16.7 Å². The predicted molar refractivity (Wildman–Crippen MR) is 207 cm³/mol. The number of fused-ring (bicyclic) bond motifs is 5. The van der Waals surface area contributed by atoms with Gasteiger partial charge < -0.3 is 49.1 Å². The number of hydrogen-bond acceptors (Lipinski definition) is 15. The molecule has 2 unspecified atom stereocenters. The lowest BCUT2D eigenvalue weighted by atomic mass is 9.44. The number of rotatable bonds is 9. The summed E-state index contributed by atoms with van der Waals surface area (Å²) in [6.45, 7) is 16.1. The number of aliphatic hydroxyl groups excluding tert-OH is 2. The number of Topliss-reactive ketones (excluding diaryl/α,β-unsaturated/α-hetero) is 1. The molecular formula is C43H57NO15. The molecule has 1 aromatic carbocycles. The summed E-state index contributed by atoms with van der Waals surface area (Å²) in [7, 11) is 0. The number of benzene rings is 1. The Morgan fingerprint density at radius 1 is 0.966 bits per heavy atom. The van der Waals surface area contributed by atoms with E-state index in [1.54, 1.807) is 78.8 Å². The first kappa shape index (κ1) is 45.4. The van der Waals surface area contributed by atoms with E-state index in [0.717, 1.165) is 13.8 Å². The maximum atomic E-state index is 15.3. The molecule has 4 aliphatic rings. The second-order valence-corrected chi connectivity index (χ2v) is 18.0. The Morgan fingerprint density at radius 3 is 2.12 bits per heavy atom. The molecular weight excluding hydrogens is 770 g/mol. The van der Waals surface area contributed by atoms with Gasteiger partial charge in [-0.2, -0.15) is 0 Å². The van der Waals surface area contributed by atoms with E-state index in [4.69, 9.17) is 28.4 Å². The van der Waals surface area contributed by atoms with E-state index >= 15 is 4.79 Å². The van der Waals surface area contributed by atoms with Gasteiger partial charge in [-0.1, -0.05) is 49.8 Å². The van der Waals surface area contributed by atoms with Gasteiger partial charge >= 0.3 is 30.0 Å². The van der Waals surface area contributed by atoms with Gasteiger partial charge in [0.05, 0.1) is 30.1 Å². The van der Waals surface area contributed by atoms with Gasteiger partial charge in [0.25, 0.3) is 0 Å². The molecule has 324 valence electrons. The number of ketones is 1. The van der Waals surface area contributed by atoms with Crippen LogP contribution in [0.4, 0.5) is 4.79 Å². The molecule has 1 amide bonds. The molecule has 3 fully saturated rings. The maximum Gasteiger partial charge on any atom is 0.408 e. The van der Waals surface area contributed by atoms with Gasteiger partial charge in [-0.3, -0.25) is 14.4 Å². The summed E-state index contributed by atoms with van der Waals surface area (Å²) in [6, 6.07) is 6.72. The zero-order chi connectivity index (χ0) is 44.2. The SMILES string of the molecule is CC(=O)O[C@H]1C(=O)[C@@]2(C)C(C(OC(=O)C=C(C)C)[C@]3(O)C[C@H](OC(=O)[C@H](O)[C@@H](NC(=O)OC(C)(C)C)c4ccccc4)C(C)=C1C3(C)C)[C@]1(OC(C)=O)CO[C@@H]1C[C@@H]2O. The highest BCUT2D eigenvalue weighted by atomic mass is 16.6. The number of amides is 1. The fraction of sp³-hybridized carbons (Fsp3) is 0.628. The average Bonchev–Trinajstić information content (AvgIpc) is 3.10. The van der Waals surface area contributed by atoms with Gasteiger partial charge in [-0.15, -0.1) is 0 Å². The summed E-state index contributed by atoms with van der Waals surface area (Å²) < 4.78 is 35.3. The Balaban J connectivity index is 1.72. The zero-order valence-corrected chi connectivity index (χ0v) is 35.4. The number of allylic oxidation sites excluding steroid dienone is 1. The lowest BCUT2D eigenvalue weighted by molar-refractivity contribution is -0.347. The quantitative estimate of drug-likeness (QED) is 0.121. The summed E-state index contributed by atoms with van der Waals surface area (Å²) in [5.74, 6) is -6.25. The van der Waals surface area contributed by atoms with E-state index in [9.17, 15) is 39.3 Å². The molecule has 3 aliphatic carbocycles. The summed E-state index contributed by atoms with van der Waals surface area (Å²) in [6.07, 6.45) is -10.2. The number of carbonyl (C=O) groups is 6. The number of nitrogens with one attached hydrogen (secondary N) is 1. The lowest BCUT2D eigenvalue weighted by Gasteiger charge is -2.67. The summed E-state index contributed by atoms with van der Waals surface area (Å²) in [5.41, 5.74) is -7.72. The van der Waals surface area contributed by atoms with Gasteiger partial charge in [0.2, 0.25) is 0 Å². The Labute approximate surface area is 343 Å². The zero-order valence-electron chi connectivity index (χ0n) is 35.4. The van der Waals surface area contributed by atoms with Crippen molar-refractivity contribution >= 4 is 35.8 Å². The number of esters is 4. The first-order valence-electron chi connectivity index (χ1n) is 19.6. The van der Waals surface area contributed by atoms with Crippen LogP contribution >= 0.6 is 0 Å². The van der Waals surface area contributed by atoms with Crippen LogP contribution < -0.4 is 5.32 Å². The Morgan fingerprint density at radius 2 is 1.59 bits per heavy atom. The van der Waals surface area contributed by atoms with Crippen LogP contribution in [0.5, 0.6) is 0 Å². The highest BCUT2D eigenvalue weighted by Crippen LogP contribution is 2.64. The largest absolute Gasteiger partial charge is 0.456 e. The fourth-order valence-corrected chi connectivity index (χ4v) is 9.44. The Kier molecular flexibility index (Phi) is 12.4. The van der Waals surface area contributed by atoms with Crippen molar-refractivity contribution in [1.82, 2.24) is 5.32 Å². The van der Waals surface area contributed by atoms with E-state index in [-0.39, 0.29) is 24.2 Å². The van der Waals surface area contributed by atoms with Crippen LogP contribution in [0.25, 0.3) is 0 Å². The molecule has 0 aromatic heterocycles. The first-order valence-corrected chi connectivity index (χ1v) is 19.6. The molecule has 1 aromatic rings. The topological polar surface area (TPSA) is 231 Å². The molecule has 0 radical (unpaired) electrons. The van der Waals surface area contributed by atoms with Crippen molar-refractivity contribution in [2.75, 3.05) is 6.61 Å². The number of ether oxygens (including phenoxy) is 6. The molecule has 1 heterocycles. The van der Waals surface area contributed by atoms with Crippen molar-refractivity contribution in [2.24, 2.45) is 16.7 Å². The van der Waals surface area contributed by atoms with E-state index in [2.05, 4.69) is 5.32 Å². The number of alkyl carbamates (subject to hydrolysis) is 1. The van der Waals surface area contributed by atoms with Gasteiger partial charge in [0, 0.05) is 38.2 Å². The standard InChI is InChI=1S/C43H57NO15/c1-21(2)17-29(48)57-36-34-41(11,27(47)18-28-42(34,20-54-28)58-24(5)46)35(50)33(55-23(4)45)30-22(3)26(19-43(36,53)40(30,9)10)56-37(51)32(49)31(25-15-13-12-14-16-25)44-38(52)59-39(6,7)8/h12-17,26-28,31-34,36,47,49,53H,18-20H2,1-11H3,(H,44,52)/t26-,27-,28+,31-,32+,33+,34?,36?,41+,42-,43+/m0/s1. The van der Waals surface area contributed by atoms with Crippen molar-refractivity contribution in [3.8, 4) is 0 Å². The van der Waals surface area contributed by atoms with Crippen LogP contribution in [-0.2, 0) is 52.4 Å². The lowest BCUT2D eigenvalue weighted by Crippen LogP contribution is -2.82. The second kappa shape index (κ2) is 16.1.